The minimum Gasteiger partial charge on any atom is -0.494 e. The Balaban J connectivity index is 1.88. The van der Waals surface area contributed by atoms with Gasteiger partial charge in [0.15, 0.2) is 0 Å². The van der Waals surface area contributed by atoms with Crippen molar-refractivity contribution in [1.29, 1.82) is 0 Å². The fraction of sp³-hybridized carbons (Fsp3) is 0.412. The quantitative estimate of drug-likeness (QED) is 0.847. The molecule has 1 N–H and O–H groups in total. The Labute approximate surface area is 139 Å². The van der Waals surface area contributed by atoms with Gasteiger partial charge in [0, 0.05) is 24.0 Å². The van der Waals surface area contributed by atoms with Gasteiger partial charge in [-0.05, 0) is 38.5 Å². The maximum Gasteiger partial charge on any atom is 0.307 e. The summed E-state index contributed by atoms with van der Waals surface area (Å²) in [5.41, 5.74) is 1.91. The molecule has 5 nitrogen and oxygen atoms in total. The lowest BCUT2D eigenvalue weighted by Gasteiger charge is -2.15. The monoisotopic (exact) mass is 334 g/mol. The van der Waals surface area contributed by atoms with Crippen molar-refractivity contribution < 1.29 is 9.53 Å². The van der Waals surface area contributed by atoms with E-state index >= 15 is 0 Å². The lowest BCUT2D eigenvalue weighted by atomic mass is 10.1. The third-order valence-corrected chi connectivity index (χ3v) is 4.49. The average molecular weight is 334 g/mol. The Bertz CT molecular complexity index is 703. The molecular formula is C17H22N2O3S. The highest BCUT2D eigenvalue weighted by atomic mass is 32.1. The molecule has 0 fully saturated rings. The molecule has 0 aliphatic carbocycles. The lowest BCUT2D eigenvalue weighted by molar-refractivity contribution is -0.121. The summed E-state index contributed by atoms with van der Waals surface area (Å²) in [5, 5.41) is 4.77. The zero-order valence-corrected chi connectivity index (χ0v) is 14.5. The van der Waals surface area contributed by atoms with Crippen LogP contribution in [0.15, 0.2) is 34.4 Å². The summed E-state index contributed by atoms with van der Waals surface area (Å²) in [7, 11) is 0. The van der Waals surface area contributed by atoms with Crippen molar-refractivity contribution in [2.45, 2.75) is 39.8 Å². The number of nitrogens with zero attached hydrogens (tertiary/aromatic N) is 1. The van der Waals surface area contributed by atoms with Gasteiger partial charge < -0.3 is 14.6 Å². The molecule has 0 bridgehead atoms. The Kier molecular flexibility index (Phi) is 5.98. The number of benzene rings is 1. The predicted octanol–water partition coefficient (Wildman–Crippen LogP) is 2.88. The van der Waals surface area contributed by atoms with Crippen LogP contribution in [0.4, 0.5) is 0 Å². The molecule has 0 unspecified atom stereocenters. The second-order valence-corrected chi connectivity index (χ2v) is 6.16. The number of ether oxygens (including phenoxy) is 1. The van der Waals surface area contributed by atoms with E-state index in [1.807, 2.05) is 50.4 Å². The van der Waals surface area contributed by atoms with E-state index in [1.54, 1.807) is 4.57 Å². The van der Waals surface area contributed by atoms with Crippen LogP contribution < -0.4 is 14.9 Å². The first-order valence-corrected chi connectivity index (χ1v) is 8.56. The number of amides is 1. The van der Waals surface area contributed by atoms with Crippen LogP contribution in [-0.2, 0) is 11.3 Å². The average Bonchev–Trinajstić information content (AvgIpc) is 2.85. The Morgan fingerprint density at radius 3 is 2.61 bits per heavy atom. The van der Waals surface area contributed by atoms with Crippen molar-refractivity contribution in [3.8, 4) is 5.75 Å². The van der Waals surface area contributed by atoms with Crippen LogP contribution in [0.5, 0.6) is 5.75 Å². The van der Waals surface area contributed by atoms with E-state index in [4.69, 9.17) is 4.74 Å². The number of aryl methyl sites for hydroxylation is 1. The van der Waals surface area contributed by atoms with Gasteiger partial charge in [-0.2, -0.15) is 0 Å². The van der Waals surface area contributed by atoms with E-state index < -0.39 is 0 Å². The van der Waals surface area contributed by atoms with Crippen molar-refractivity contribution in [1.82, 2.24) is 9.88 Å². The molecule has 23 heavy (non-hydrogen) atoms. The molecular weight excluding hydrogens is 312 g/mol. The molecule has 0 aliphatic heterocycles. The van der Waals surface area contributed by atoms with E-state index in [2.05, 4.69) is 5.32 Å². The molecule has 0 saturated carbocycles. The van der Waals surface area contributed by atoms with Gasteiger partial charge in [0.2, 0.25) is 5.91 Å². The number of hydrogen-bond donors (Lipinski definition) is 1. The lowest BCUT2D eigenvalue weighted by Crippen LogP contribution is -2.28. The van der Waals surface area contributed by atoms with Crippen LogP contribution in [0.25, 0.3) is 0 Å². The molecule has 0 saturated heterocycles. The van der Waals surface area contributed by atoms with E-state index in [-0.39, 0.29) is 16.8 Å². The first kappa shape index (κ1) is 17.3. The summed E-state index contributed by atoms with van der Waals surface area (Å²) < 4.78 is 7.04. The minimum absolute atomic E-state index is 0.0186. The number of carbonyl (C=O) groups excluding carboxylic acids is 1. The van der Waals surface area contributed by atoms with Gasteiger partial charge in [0.05, 0.1) is 12.6 Å². The molecule has 1 aromatic carbocycles. The smallest absolute Gasteiger partial charge is 0.307 e. The Morgan fingerprint density at radius 1 is 1.35 bits per heavy atom. The first-order chi connectivity index (χ1) is 11.0. The molecule has 0 radical (unpaired) electrons. The van der Waals surface area contributed by atoms with E-state index in [0.29, 0.717) is 19.6 Å². The molecule has 2 rings (SSSR count). The molecule has 6 heteroatoms. The van der Waals surface area contributed by atoms with Crippen LogP contribution in [0.3, 0.4) is 0 Å². The maximum absolute atomic E-state index is 12.1. The van der Waals surface area contributed by atoms with Crippen LogP contribution in [0.2, 0.25) is 0 Å². The summed E-state index contributed by atoms with van der Waals surface area (Å²) in [4.78, 5) is 23.7. The predicted molar refractivity (Wildman–Crippen MR) is 92.1 cm³/mol. The third-order valence-electron chi connectivity index (χ3n) is 3.61. The zero-order valence-electron chi connectivity index (χ0n) is 13.7. The number of carbonyl (C=O) groups is 1. The van der Waals surface area contributed by atoms with Crippen molar-refractivity contribution in [3.05, 3.63) is 50.6 Å². The second-order valence-electron chi connectivity index (χ2n) is 5.34. The Hall–Kier alpha value is -2.08. The van der Waals surface area contributed by atoms with Gasteiger partial charge in [-0.3, -0.25) is 9.59 Å². The standard InChI is InChI=1S/C17H22N2O3S/c1-4-22-15-7-5-14(6-8-15)13(3)18-16(20)9-10-19-12(2)11-23-17(19)21/h5-8,11,13H,4,9-10H2,1-3H3,(H,18,20)/t13-/m1/s1. The molecule has 0 spiro atoms. The zero-order chi connectivity index (χ0) is 16.8. The van der Waals surface area contributed by atoms with Gasteiger partial charge in [-0.1, -0.05) is 23.5 Å². The van der Waals surface area contributed by atoms with Gasteiger partial charge in [-0.15, -0.1) is 0 Å². The van der Waals surface area contributed by atoms with E-state index in [0.717, 1.165) is 28.3 Å². The first-order valence-electron chi connectivity index (χ1n) is 7.68. The van der Waals surface area contributed by atoms with E-state index in [1.165, 1.54) is 0 Å². The molecule has 1 atom stereocenters. The largest absolute Gasteiger partial charge is 0.494 e. The maximum atomic E-state index is 12.1. The van der Waals surface area contributed by atoms with Crippen LogP contribution >= 0.6 is 11.3 Å². The number of rotatable bonds is 7. The normalized spacial score (nSPS) is 12.0. The summed E-state index contributed by atoms with van der Waals surface area (Å²) in [6.45, 7) is 6.80. The molecule has 1 amide bonds. The van der Waals surface area contributed by atoms with Gasteiger partial charge in [0.25, 0.3) is 0 Å². The van der Waals surface area contributed by atoms with Gasteiger partial charge in [0.1, 0.15) is 5.75 Å². The van der Waals surface area contributed by atoms with Gasteiger partial charge in [-0.25, -0.2) is 0 Å². The number of hydrogen-bond acceptors (Lipinski definition) is 4. The van der Waals surface area contributed by atoms with Crippen LogP contribution in [0, 0.1) is 6.92 Å². The highest BCUT2D eigenvalue weighted by Crippen LogP contribution is 2.17. The summed E-state index contributed by atoms with van der Waals surface area (Å²) in [5.74, 6) is 0.756. The minimum atomic E-state index is -0.0847. The third kappa shape index (κ3) is 4.69. The summed E-state index contributed by atoms with van der Waals surface area (Å²) in [6.07, 6.45) is 0.291. The molecule has 1 aromatic heterocycles. The number of thiazole rings is 1. The number of nitrogens with one attached hydrogen (secondary N) is 1. The van der Waals surface area contributed by atoms with Crippen molar-refractivity contribution in [2.75, 3.05) is 6.61 Å². The molecule has 2 aromatic rings. The fourth-order valence-electron chi connectivity index (χ4n) is 2.30. The Morgan fingerprint density at radius 2 is 2.04 bits per heavy atom. The van der Waals surface area contributed by atoms with Crippen molar-refractivity contribution in [3.63, 3.8) is 0 Å². The fourth-order valence-corrected chi connectivity index (χ4v) is 3.07. The SMILES string of the molecule is CCOc1ccc([C@@H](C)NC(=O)CCn2c(C)csc2=O)cc1. The van der Waals surface area contributed by atoms with Gasteiger partial charge >= 0.3 is 4.87 Å². The topological polar surface area (TPSA) is 60.3 Å². The molecule has 124 valence electrons. The highest BCUT2D eigenvalue weighted by molar-refractivity contribution is 7.07. The van der Waals surface area contributed by atoms with Crippen molar-refractivity contribution in [2.24, 2.45) is 0 Å². The van der Waals surface area contributed by atoms with Crippen LogP contribution in [-0.4, -0.2) is 17.1 Å². The second kappa shape index (κ2) is 7.97. The van der Waals surface area contributed by atoms with Crippen LogP contribution in [0.1, 0.15) is 37.6 Å². The molecule has 1 heterocycles. The molecule has 0 aliphatic rings. The van der Waals surface area contributed by atoms with E-state index in [9.17, 15) is 9.59 Å². The number of aromatic nitrogens is 1. The summed E-state index contributed by atoms with van der Waals surface area (Å²) >= 11 is 1.16. The highest BCUT2D eigenvalue weighted by Gasteiger charge is 2.11. The van der Waals surface area contributed by atoms with Crippen molar-refractivity contribution >= 4 is 17.2 Å². The summed E-state index contributed by atoms with van der Waals surface area (Å²) in [6, 6.07) is 7.61.